The lowest BCUT2D eigenvalue weighted by atomic mass is 10.2. The van der Waals surface area contributed by atoms with Gasteiger partial charge in [0.2, 0.25) is 15.9 Å². The fourth-order valence-corrected chi connectivity index (χ4v) is 3.93. The number of carbonyl (C=O) groups is 2. The number of aryl methyl sites for hydroxylation is 1. The number of anilines is 1. The first-order chi connectivity index (χ1) is 13.0. The highest BCUT2D eigenvalue weighted by Crippen LogP contribution is 2.23. The third-order valence-electron chi connectivity index (χ3n) is 3.82. The Morgan fingerprint density at radius 2 is 1.75 bits per heavy atom. The second-order valence-electron chi connectivity index (χ2n) is 6.12. The van der Waals surface area contributed by atoms with Crippen LogP contribution in [0.5, 0.6) is 0 Å². The van der Waals surface area contributed by atoms with E-state index < -0.39 is 21.8 Å². The number of benzene rings is 2. The lowest BCUT2D eigenvalue weighted by Gasteiger charge is -2.15. The maximum atomic E-state index is 12.4. The first-order valence-electron chi connectivity index (χ1n) is 8.08. The van der Waals surface area contributed by atoms with E-state index in [9.17, 15) is 18.0 Å². The van der Waals surface area contributed by atoms with Gasteiger partial charge in [0, 0.05) is 24.8 Å². The summed E-state index contributed by atoms with van der Waals surface area (Å²) in [5.41, 5.74) is 1.04. The van der Waals surface area contributed by atoms with Crippen molar-refractivity contribution in [3.8, 4) is 0 Å². The molecule has 28 heavy (non-hydrogen) atoms. The minimum atomic E-state index is -3.65. The lowest BCUT2D eigenvalue weighted by molar-refractivity contribution is -0.115. The molecule has 0 spiro atoms. The summed E-state index contributed by atoms with van der Waals surface area (Å²) in [4.78, 5) is 24.4. The predicted molar refractivity (Wildman–Crippen MR) is 109 cm³/mol. The fourth-order valence-electron chi connectivity index (χ4n) is 2.29. The molecule has 0 aliphatic heterocycles. The quantitative estimate of drug-likeness (QED) is 0.716. The van der Waals surface area contributed by atoms with Crippen LogP contribution in [0.2, 0.25) is 10.0 Å². The zero-order chi connectivity index (χ0) is 21.1. The monoisotopic (exact) mass is 443 g/mol. The third-order valence-corrected chi connectivity index (χ3v) is 6.32. The number of rotatable bonds is 6. The van der Waals surface area contributed by atoms with Crippen LogP contribution in [0.3, 0.4) is 0 Å². The van der Waals surface area contributed by atoms with Crippen molar-refractivity contribution < 1.29 is 18.0 Å². The van der Waals surface area contributed by atoms with Crippen LogP contribution >= 0.6 is 23.2 Å². The van der Waals surface area contributed by atoms with Gasteiger partial charge in [-0.25, -0.2) is 12.7 Å². The van der Waals surface area contributed by atoms with Gasteiger partial charge in [0.15, 0.2) is 0 Å². The average molecular weight is 444 g/mol. The van der Waals surface area contributed by atoms with Gasteiger partial charge in [0.1, 0.15) is 0 Å². The van der Waals surface area contributed by atoms with Gasteiger partial charge in [-0.3, -0.25) is 9.59 Å². The van der Waals surface area contributed by atoms with E-state index in [-0.39, 0.29) is 22.0 Å². The Balaban J connectivity index is 2.06. The van der Waals surface area contributed by atoms with Crippen molar-refractivity contribution in [2.75, 3.05) is 26.0 Å². The predicted octanol–water partition coefficient (Wildman–Crippen LogP) is 2.92. The number of nitrogens with zero attached hydrogens (tertiary/aromatic N) is 1. The number of sulfonamides is 1. The number of amides is 2. The van der Waals surface area contributed by atoms with Crippen molar-refractivity contribution in [3.63, 3.8) is 0 Å². The molecule has 0 aliphatic rings. The molecule has 2 N–H and O–H groups in total. The van der Waals surface area contributed by atoms with Gasteiger partial charge in [-0.1, -0.05) is 29.3 Å². The van der Waals surface area contributed by atoms with E-state index in [1.807, 2.05) is 0 Å². The summed E-state index contributed by atoms with van der Waals surface area (Å²) < 4.78 is 25.8. The molecule has 0 atom stereocenters. The van der Waals surface area contributed by atoms with E-state index in [4.69, 9.17) is 23.2 Å². The number of nitrogens with one attached hydrogen (secondary N) is 2. The number of hydrogen-bond donors (Lipinski definition) is 2. The Hall–Kier alpha value is -2.13. The Labute approximate surface area is 173 Å². The summed E-state index contributed by atoms with van der Waals surface area (Å²) in [6.07, 6.45) is 0. The number of carbonyl (C=O) groups excluding carboxylic acids is 2. The average Bonchev–Trinajstić information content (AvgIpc) is 2.61. The number of halogens is 2. The fraction of sp³-hybridized carbons (Fsp3) is 0.222. The maximum absolute atomic E-state index is 12.4. The smallest absolute Gasteiger partial charge is 0.253 e. The van der Waals surface area contributed by atoms with Crippen LogP contribution in [0, 0.1) is 6.92 Å². The van der Waals surface area contributed by atoms with Crippen molar-refractivity contribution in [2.45, 2.75) is 11.8 Å². The van der Waals surface area contributed by atoms with Crippen LogP contribution in [0.4, 0.5) is 5.69 Å². The molecule has 0 unspecified atom stereocenters. The van der Waals surface area contributed by atoms with E-state index in [0.29, 0.717) is 16.3 Å². The van der Waals surface area contributed by atoms with Crippen molar-refractivity contribution in [1.82, 2.24) is 9.62 Å². The summed E-state index contributed by atoms with van der Waals surface area (Å²) in [5, 5.41) is 5.57. The van der Waals surface area contributed by atoms with Crippen LogP contribution < -0.4 is 10.6 Å². The SMILES string of the molecule is Cc1ccc(NC(=O)CNC(=O)c2ccc(Cl)cc2Cl)cc1S(=O)(=O)N(C)C. The summed E-state index contributed by atoms with van der Waals surface area (Å²) in [6, 6.07) is 8.95. The Kier molecular flexibility index (Phi) is 7.06. The zero-order valence-corrected chi connectivity index (χ0v) is 17.7. The van der Waals surface area contributed by atoms with Crippen LogP contribution in [0.1, 0.15) is 15.9 Å². The van der Waals surface area contributed by atoms with Gasteiger partial charge in [-0.2, -0.15) is 0 Å². The molecule has 7 nitrogen and oxygen atoms in total. The van der Waals surface area contributed by atoms with Crippen molar-refractivity contribution >= 4 is 50.7 Å². The van der Waals surface area contributed by atoms with E-state index in [0.717, 1.165) is 4.31 Å². The first kappa shape index (κ1) is 22.2. The first-order valence-corrected chi connectivity index (χ1v) is 10.3. The maximum Gasteiger partial charge on any atom is 0.253 e. The van der Waals surface area contributed by atoms with Crippen LogP contribution in [-0.4, -0.2) is 45.2 Å². The second kappa shape index (κ2) is 8.91. The van der Waals surface area contributed by atoms with Gasteiger partial charge < -0.3 is 10.6 Å². The van der Waals surface area contributed by atoms with Gasteiger partial charge in [-0.15, -0.1) is 0 Å². The highest BCUT2D eigenvalue weighted by atomic mass is 35.5. The molecule has 10 heteroatoms. The summed E-state index contributed by atoms with van der Waals surface area (Å²) in [5.74, 6) is -1.05. The van der Waals surface area contributed by atoms with Crippen LogP contribution in [0.25, 0.3) is 0 Å². The molecule has 2 amide bonds. The van der Waals surface area contributed by atoms with Gasteiger partial charge in [0.25, 0.3) is 5.91 Å². The second-order valence-corrected chi connectivity index (χ2v) is 9.09. The van der Waals surface area contributed by atoms with Gasteiger partial charge in [-0.05, 0) is 42.8 Å². The van der Waals surface area contributed by atoms with E-state index in [1.54, 1.807) is 19.1 Å². The minimum absolute atomic E-state index is 0.0901. The third kappa shape index (κ3) is 5.23. The van der Waals surface area contributed by atoms with Gasteiger partial charge in [0.05, 0.1) is 22.0 Å². The molecule has 0 bridgehead atoms. The zero-order valence-electron chi connectivity index (χ0n) is 15.4. The van der Waals surface area contributed by atoms with E-state index in [1.165, 1.54) is 38.4 Å². The van der Waals surface area contributed by atoms with Crippen LogP contribution in [-0.2, 0) is 14.8 Å². The largest absolute Gasteiger partial charge is 0.343 e. The standard InChI is InChI=1S/C18H19Cl2N3O4S/c1-11-4-6-13(9-16(11)28(26,27)23(2)3)22-17(24)10-21-18(25)14-7-5-12(19)8-15(14)20/h4-9H,10H2,1-3H3,(H,21,25)(H,22,24). The highest BCUT2D eigenvalue weighted by molar-refractivity contribution is 7.89. The summed E-state index contributed by atoms with van der Waals surface area (Å²) >= 11 is 11.8. The normalized spacial score (nSPS) is 11.4. The highest BCUT2D eigenvalue weighted by Gasteiger charge is 2.20. The molecular formula is C18H19Cl2N3O4S. The molecule has 0 saturated carbocycles. The molecule has 2 aromatic rings. The molecule has 2 aromatic carbocycles. The molecule has 150 valence electrons. The molecule has 0 heterocycles. The summed E-state index contributed by atoms with van der Waals surface area (Å²) in [7, 11) is -0.793. The molecule has 2 rings (SSSR count). The minimum Gasteiger partial charge on any atom is -0.343 e. The molecular weight excluding hydrogens is 425 g/mol. The molecule has 0 radical (unpaired) electrons. The summed E-state index contributed by atoms with van der Waals surface area (Å²) in [6.45, 7) is 1.35. The lowest BCUT2D eigenvalue weighted by Crippen LogP contribution is -2.33. The van der Waals surface area contributed by atoms with Crippen molar-refractivity contribution in [2.24, 2.45) is 0 Å². The molecule has 0 saturated heterocycles. The van der Waals surface area contributed by atoms with Gasteiger partial charge >= 0.3 is 0 Å². The number of hydrogen-bond acceptors (Lipinski definition) is 4. The molecule has 0 aromatic heterocycles. The van der Waals surface area contributed by atoms with Crippen LogP contribution in [0.15, 0.2) is 41.3 Å². The van der Waals surface area contributed by atoms with Crippen molar-refractivity contribution in [1.29, 1.82) is 0 Å². The Morgan fingerprint density at radius 3 is 2.36 bits per heavy atom. The van der Waals surface area contributed by atoms with Crippen molar-refractivity contribution in [3.05, 3.63) is 57.6 Å². The Bertz CT molecular complexity index is 1020. The van der Waals surface area contributed by atoms with E-state index >= 15 is 0 Å². The van der Waals surface area contributed by atoms with E-state index in [2.05, 4.69) is 10.6 Å². The molecule has 0 aliphatic carbocycles. The Morgan fingerprint density at radius 1 is 1.07 bits per heavy atom. The molecule has 0 fully saturated rings. The topological polar surface area (TPSA) is 95.6 Å².